The number of aliphatic hydroxyl groups excluding tert-OH is 7. The highest BCUT2D eigenvalue weighted by Gasteiger charge is 2.46. The Labute approximate surface area is 138 Å². The van der Waals surface area contributed by atoms with Gasteiger partial charge in [0.05, 0.1) is 18.8 Å². The van der Waals surface area contributed by atoms with Crippen LogP contribution >= 0.6 is 0 Å². The summed E-state index contributed by atoms with van der Waals surface area (Å²) in [5.41, 5.74) is 0. The largest absolute Gasteiger partial charge is 0.394 e. The van der Waals surface area contributed by atoms with E-state index in [4.69, 9.17) is 19.3 Å². The van der Waals surface area contributed by atoms with Crippen molar-refractivity contribution in [3.05, 3.63) is 0 Å². The zero-order valence-corrected chi connectivity index (χ0v) is 13.3. The Morgan fingerprint density at radius 3 is 1.62 bits per heavy atom. The van der Waals surface area contributed by atoms with Gasteiger partial charge in [-0.2, -0.15) is 0 Å². The molecule has 0 aromatic rings. The van der Waals surface area contributed by atoms with Gasteiger partial charge in [0.1, 0.15) is 42.7 Å². The van der Waals surface area contributed by atoms with Crippen LogP contribution in [0.2, 0.25) is 0 Å². The third-order valence-corrected chi connectivity index (χ3v) is 4.63. The molecule has 2 aliphatic rings. The summed E-state index contributed by atoms with van der Waals surface area (Å²) in [5, 5.41) is 68.1. The van der Waals surface area contributed by atoms with E-state index in [1.54, 1.807) is 0 Å². The van der Waals surface area contributed by atoms with Gasteiger partial charge < -0.3 is 50.0 Å². The molecule has 142 valence electrons. The van der Waals surface area contributed by atoms with E-state index in [1.807, 2.05) is 0 Å². The molecule has 10 atom stereocenters. The molecular weight excluding hydrogens is 328 g/mol. The molecule has 0 radical (unpaired) electrons. The Morgan fingerprint density at radius 2 is 1.12 bits per heavy atom. The zero-order valence-electron chi connectivity index (χ0n) is 13.3. The number of rotatable bonds is 5. The average molecular weight is 354 g/mol. The van der Waals surface area contributed by atoms with Gasteiger partial charge in [-0.05, 0) is 12.8 Å². The van der Waals surface area contributed by atoms with Crippen molar-refractivity contribution < 1.29 is 50.0 Å². The first kappa shape index (κ1) is 19.9. The monoisotopic (exact) mass is 354 g/mol. The van der Waals surface area contributed by atoms with Gasteiger partial charge in [0.2, 0.25) is 0 Å². The highest BCUT2D eigenvalue weighted by atomic mass is 16.7. The third kappa shape index (κ3) is 3.88. The molecule has 0 aromatic heterocycles. The average Bonchev–Trinajstić information content (AvgIpc) is 2.58. The van der Waals surface area contributed by atoms with E-state index in [1.165, 1.54) is 7.11 Å². The van der Waals surface area contributed by atoms with Crippen molar-refractivity contribution in [2.24, 2.45) is 0 Å². The van der Waals surface area contributed by atoms with Crippen LogP contribution in [0.1, 0.15) is 12.8 Å². The molecule has 0 aliphatic carbocycles. The summed E-state index contributed by atoms with van der Waals surface area (Å²) in [4.78, 5) is 0. The molecule has 0 amide bonds. The van der Waals surface area contributed by atoms with Crippen LogP contribution in [0.25, 0.3) is 0 Å². The lowest BCUT2D eigenvalue weighted by atomic mass is 9.90. The standard InChI is InChI=1S/C14H26O10/c1-22-14-13(21)12(20)9(17)6(24-14)3-2-5-8(16)11(19)10(18)7(4-15)23-5/h5-21H,2-4H2,1H3/t5-,6-,7-,8+,9-,10-,11-,12+,13-,14+/m1/s1. The Kier molecular flexibility index (Phi) is 6.90. The molecule has 0 aromatic carbocycles. The Morgan fingerprint density at radius 1 is 0.667 bits per heavy atom. The number of aliphatic hydroxyl groups is 7. The first-order valence-corrected chi connectivity index (χ1v) is 7.84. The van der Waals surface area contributed by atoms with Gasteiger partial charge in [0.15, 0.2) is 6.29 Å². The second kappa shape index (κ2) is 8.32. The molecule has 2 fully saturated rings. The summed E-state index contributed by atoms with van der Waals surface area (Å²) in [7, 11) is 1.28. The molecule has 10 nitrogen and oxygen atoms in total. The molecule has 0 spiro atoms. The minimum atomic E-state index is -1.47. The summed E-state index contributed by atoms with van der Waals surface area (Å²) < 4.78 is 15.6. The molecule has 0 bridgehead atoms. The van der Waals surface area contributed by atoms with Crippen LogP contribution in [0.15, 0.2) is 0 Å². The fourth-order valence-electron chi connectivity index (χ4n) is 3.10. The van der Waals surface area contributed by atoms with Gasteiger partial charge in [-0.15, -0.1) is 0 Å². The van der Waals surface area contributed by atoms with E-state index in [9.17, 15) is 30.6 Å². The van der Waals surface area contributed by atoms with Crippen LogP contribution in [0.4, 0.5) is 0 Å². The smallest absolute Gasteiger partial charge is 0.186 e. The molecule has 7 N–H and O–H groups in total. The number of methoxy groups -OCH3 is 1. The van der Waals surface area contributed by atoms with Crippen molar-refractivity contribution in [3.8, 4) is 0 Å². The second-order valence-corrected chi connectivity index (χ2v) is 6.20. The first-order valence-electron chi connectivity index (χ1n) is 7.84. The van der Waals surface area contributed by atoms with Crippen LogP contribution in [0, 0.1) is 0 Å². The molecular formula is C14H26O10. The Hall–Kier alpha value is -0.400. The molecule has 24 heavy (non-hydrogen) atoms. The van der Waals surface area contributed by atoms with Gasteiger partial charge in [-0.3, -0.25) is 0 Å². The van der Waals surface area contributed by atoms with Crippen molar-refractivity contribution in [2.45, 2.75) is 74.1 Å². The lowest BCUT2D eigenvalue weighted by Crippen LogP contribution is -2.60. The highest BCUT2D eigenvalue weighted by Crippen LogP contribution is 2.28. The van der Waals surface area contributed by atoms with Gasteiger partial charge in [-0.25, -0.2) is 0 Å². The van der Waals surface area contributed by atoms with E-state index in [0.29, 0.717) is 0 Å². The highest BCUT2D eigenvalue weighted by molar-refractivity contribution is 4.94. The van der Waals surface area contributed by atoms with Crippen LogP contribution in [0.3, 0.4) is 0 Å². The summed E-state index contributed by atoms with van der Waals surface area (Å²) in [6.45, 7) is -0.527. The quantitative estimate of drug-likeness (QED) is 0.259. The van der Waals surface area contributed by atoms with E-state index in [0.717, 1.165) is 0 Å². The molecule has 2 rings (SSSR count). The SMILES string of the molecule is CO[C@H]1O[C@H](CC[C@H]2O[C@H](CO)[C@@H](O)[C@H](O)[C@H]2O)[C@@H](O)[C@H](O)[C@H]1O. The van der Waals surface area contributed by atoms with Crippen LogP contribution in [-0.4, -0.2) is 111 Å². The zero-order chi connectivity index (χ0) is 18.0. The number of ether oxygens (including phenoxy) is 3. The van der Waals surface area contributed by atoms with Gasteiger partial charge in [0.25, 0.3) is 0 Å². The van der Waals surface area contributed by atoms with Crippen molar-refractivity contribution in [2.75, 3.05) is 13.7 Å². The Bertz CT molecular complexity index is 356. The van der Waals surface area contributed by atoms with Crippen molar-refractivity contribution >= 4 is 0 Å². The first-order chi connectivity index (χ1) is 11.3. The summed E-state index contributed by atoms with van der Waals surface area (Å²) in [5.74, 6) is 0. The predicted molar refractivity (Wildman–Crippen MR) is 76.7 cm³/mol. The molecule has 10 heteroatoms. The van der Waals surface area contributed by atoms with Gasteiger partial charge in [-0.1, -0.05) is 0 Å². The maximum absolute atomic E-state index is 9.99. The van der Waals surface area contributed by atoms with E-state index < -0.39 is 67.8 Å². The number of hydrogen-bond donors (Lipinski definition) is 7. The van der Waals surface area contributed by atoms with Crippen molar-refractivity contribution in [3.63, 3.8) is 0 Å². The second-order valence-electron chi connectivity index (χ2n) is 6.20. The van der Waals surface area contributed by atoms with Crippen LogP contribution in [-0.2, 0) is 14.2 Å². The molecule has 0 unspecified atom stereocenters. The Balaban J connectivity index is 1.96. The summed E-state index contributed by atoms with van der Waals surface area (Å²) >= 11 is 0. The minimum Gasteiger partial charge on any atom is -0.394 e. The third-order valence-electron chi connectivity index (χ3n) is 4.63. The van der Waals surface area contributed by atoms with Crippen LogP contribution < -0.4 is 0 Å². The maximum atomic E-state index is 9.99. The minimum absolute atomic E-state index is 0.114. The lowest BCUT2D eigenvalue weighted by Gasteiger charge is -2.42. The topological polar surface area (TPSA) is 169 Å². The van der Waals surface area contributed by atoms with E-state index >= 15 is 0 Å². The number of hydrogen-bond acceptors (Lipinski definition) is 10. The fraction of sp³-hybridized carbons (Fsp3) is 1.00. The lowest BCUT2D eigenvalue weighted by molar-refractivity contribution is -0.293. The van der Waals surface area contributed by atoms with Crippen LogP contribution in [0.5, 0.6) is 0 Å². The van der Waals surface area contributed by atoms with Gasteiger partial charge in [0, 0.05) is 7.11 Å². The van der Waals surface area contributed by atoms with E-state index in [-0.39, 0.29) is 12.8 Å². The predicted octanol–water partition coefficient (Wildman–Crippen LogP) is -3.94. The van der Waals surface area contributed by atoms with Crippen molar-refractivity contribution in [1.82, 2.24) is 0 Å². The summed E-state index contributed by atoms with van der Waals surface area (Å²) in [6, 6.07) is 0. The summed E-state index contributed by atoms with van der Waals surface area (Å²) in [6.07, 6.45) is -12.2. The molecule has 2 heterocycles. The van der Waals surface area contributed by atoms with Gasteiger partial charge >= 0.3 is 0 Å². The normalized spacial score (nSPS) is 50.0. The molecule has 2 aliphatic heterocycles. The molecule has 2 saturated heterocycles. The van der Waals surface area contributed by atoms with E-state index in [2.05, 4.69) is 0 Å². The molecule has 0 saturated carbocycles. The van der Waals surface area contributed by atoms with Crippen molar-refractivity contribution in [1.29, 1.82) is 0 Å². The maximum Gasteiger partial charge on any atom is 0.186 e. The fourth-order valence-corrected chi connectivity index (χ4v) is 3.10.